The molecule has 4 aromatic rings. The Balaban J connectivity index is 1.04. The number of nitrogens with zero attached hydrogens (tertiary/aromatic N) is 2. The Labute approximate surface area is 322 Å². The molecular weight excluding hydrogens is 697 g/mol. The molecule has 7 rings (SSSR count). The zero-order valence-electron chi connectivity index (χ0n) is 31.2. The number of hydrogen-bond donors (Lipinski definition) is 4. The van der Waals surface area contributed by atoms with E-state index in [2.05, 4.69) is 51.6 Å². The number of ether oxygens (including phenoxy) is 2. The van der Waals surface area contributed by atoms with E-state index in [0.717, 1.165) is 65.0 Å². The van der Waals surface area contributed by atoms with E-state index in [0.29, 0.717) is 26.2 Å². The van der Waals surface area contributed by atoms with E-state index < -0.39 is 17.8 Å². The molecule has 55 heavy (non-hydrogen) atoms. The van der Waals surface area contributed by atoms with Crippen molar-refractivity contribution in [1.82, 2.24) is 15.5 Å². The summed E-state index contributed by atoms with van der Waals surface area (Å²) >= 11 is 0. The number of para-hydroxylation sites is 1. The zero-order chi connectivity index (χ0) is 38.4. The molecule has 11 heteroatoms. The standard InChI is InChI=1S/C44H50N4O7/c1-30-38(27-47-23-21-44(22-24-47)43(53)46-29-48(44)37-9-3-2-4-10-37)54-42(55-41(30)34-15-13-31(28-49)14-16-34)35-19-17-33(18-20-35)36-8-5-7-32(25-36)26-45-39(50)11-6-12-40(51)52/h2-5,7-10,13-20,25,30,38,41-42,49H,6,11-12,21-24,26-29H2,1H3,(H,45,50)(H,46,53)(H,51,52). The third kappa shape index (κ3) is 8.76. The minimum Gasteiger partial charge on any atom is -0.481 e. The zero-order valence-corrected chi connectivity index (χ0v) is 31.2. The number of piperidine rings is 1. The second-order valence-corrected chi connectivity index (χ2v) is 14.9. The van der Waals surface area contributed by atoms with Crippen LogP contribution in [0.2, 0.25) is 0 Å². The second-order valence-electron chi connectivity index (χ2n) is 14.9. The van der Waals surface area contributed by atoms with Gasteiger partial charge < -0.3 is 40.1 Å². The normalized spacial score (nSPS) is 22.4. The minimum atomic E-state index is -0.903. The summed E-state index contributed by atoms with van der Waals surface area (Å²) < 4.78 is 13.5. The average Bonchev–Trinajstić information content (AvgIpc) is 3.53. The molecule has 2 amide bonds. The molecule has 11 nitrogen and oxygen atoms in total. The molecular formula is C44H50N4O7. The van der Waals surface area contributed by atoms with Gasteiger partial charge in [0, 0.05) is 56.2 Å². The number of carbonyl (C=O) groups is 3. The van der Waals surface area contributed by atoms with E-state index in [-0.39, 0.29) is 49.4 Å². The van der Waals surface area contributed by atoms with Crippen LogP contribution in [0.5, 0.6) is 0 Å². The van der Waals surface area contributed by atoms with Gasteiger partial charge in [0.15, 0.2) is 6.29 Å². The first-order valence-corrected chi connectivity index (χ1v) is 19.2. The lowest BCUT2D eigenvalue weighted by molar-refractivity contribution is -0.276. The third-order valence-corrected chi connectivity index (χ3v) is 11.4. The average molecular weight is 747 g/mol. The van der Waals surface area contributed by atoms with Crippen LogP contribution in [0.25, 0.3) is 11.1 Å². The van der Waals surface area contributed by atoms with E-state index in [4.69, 9.17) is 14.6 Å². The summed E-state index contributed by atoms with van der Waals surface area (Å²) in [4.78, 5) is 40.9. The summed E-state index contributed by atoms with van der Waals surface area (Å²) in [5.74, 6) is -0.939. The highest BCUT2D eigenvalue weighted by atomic mass is 16.7. The first-order chi connectivity index (χ1) is 26.7. The molecule has 4 atom stereocenters. The Morgan fingerprint density at radius 2 is 1.58 bits per heavy atom. The summed E-state index contributed by atoms with van der Waals surface area (Å²) in [6.45, 7) is 5.27. The maximum absolute atomic E-state index is 13.3. The first kappa shape index (κ1) is 38.2. The van der Waals surface area contributed by atoms with E-state index in [1.54, 1.807) is 0 Å². The van der Waals surface area contributed by atoms with Gasteiger partial charge in [-0.15, -0.1) is 0 Å². The van der Waals surface area contributed by atoms with E-state index >= 15 is 0 Å². The van der Waals surface area contributed by atoms with E-state index in [1.807, 2.05) is 78.9 Å². The number of carboxylic acid groups (broad SMARTS) is 1. The van der Waals surface area contributed by atoms with Crippen molar-refractivity contribution in [2.75, 3.05) is 31.2 Å². The Hall–Kier alpha value is -5.07. The van der Waals surface area contributed by atoms with Crippen LogP contribution in [0, 0.1) is 5.92 Å². The molecule has 3 saturated heterocycles. The van der Waals surface area contributed by atoms with E-state index in [1.165, 1.54) is 0 Å². The molecule has 0 bridgehead atoms. The van der Waals surface area contributed by atoms with Gasteiger partial charge in [0.1, 0.15) is 5.54 Å². The van der Waals surface area contributed by atoms with Crippen molar-refractivity contribution in [2.24, 2.45) is 5.92 Å². The molecule has 1 spiro atoms. The van der Waals surface area contributed by atoms with Crippen molar-refractivity contribution < 1.29 is 34.1 Å². The molecule has 3 fully saturated rings. The molecule has 4 N–H and O–H groups in total. The lowest BCUT2D eigenvalue weighted by atomic mass is 9.84. The molecule has 3 aliphatic rings. The third-order valence-electron chi connectivity index (χ3n) is 11.4. The van der Waals surface area contributed by atoms with Crippen molar-refractivity contribution in [2.45, 2.75) is 76.2 Å². The van der Waals surface area contributed by atoms with Gasteiger partial charge in [-0.05, 0) is 65.3 Å². The maximum Gasteiger partial charge on any atom is 0.303 e. The van der Waals surface area contributed by atoms with Crippen LogP contribution in [0.3, 0.4) is 0 Å². The summed E-state index contributed by atoms with van der Waals surface area (Å²) in [6, 6.07) is 34.3. The quantitative estimate of drug-likeness (QED) is 0.131. The Bertz CT molecular complexity index is 1930. The Morgan fingerprint density at radius 1 is 0.855 bits per heavy atom. The minimum absolute atomic E-state index is 0.0234. The van der Waals surface area contributed by atoms with Crippen molar-refractivity contribution in [3.05, 3.63) is 125 Å². The number of benzene rings is 4. The summed E-state index contributed by atoms with van der Waals surface area (Å²) in [6.07, 6.45) is 0.925. The molecule has 0 saturated carbocycles. The number of hydrogen-bond acceptors (Lipinski definition) is 8. The fourth-order valence-corrected chi connectivity index (χ4v) is 8.10. The van der Waals surface area contributed by atoms with Crippen molar-refractivity contribution in [3.63, 3.8) is 0 Å². The second kappa shape index (κ2) is 17.2. The number of carboxylic acids is 1. The summed E-state index contributed by atoms with van der Waals surface area (Å²) in [5.41, 5.74) is 6.25. The number of aliphatic carboxylic acids is 1. The van der Waals surface area contributed by atoms with Crippen LogP contribution in [0.4, 0.5) is 5.69 Å². The summed E-state index contributed by atoms with van der Waals surface area (Å²) in [7, 11) is 0. The Morgan fingerprint density at radius 3 is 2.29 bits per heavy atom. The number of rotatable bonds is 13. The van der Waals surface area contributed by atoms with Crippen molar-refractivity contribution in [1.29, 1.82) is 0 Å². The van der Waals surface area contributed by atoms with Crippen LogP contribution in [-0.4, -0.2) is 70.8 Å². The highest BCUT2D eigenvalue weighted by molar-refractivity contribution is 5.93. The Kier molecular flexibility index (Phi) is 11.9. The van der Waals surface area contributed by atoms with Crippen LogP contribution < -0.4 is 15.5 Å². The number of amides is 2. The number of aliphatic hydroxyl groups is 1. The van der Waals surface area contributed by atoms with Gasteiger partial charge in [0.25, 0.3) is 0 Å². The topological polar surface area (TPSA) is 141 Å². The number of anilines is 1. The van der Waals surface area contributed by atoms with E-state index in [9.17, 15) is 19.5 Å². The van der Waals surface area contributed by atoms with Gasteiger partial charge in [0.05, 0.1) is 25.5 Å². The first-order valence-electron chi connectivity index (χ1n) is 19.2. The van der Waals surface area contributed by atoms with Gasteiger partial charge in [-0.2, -0.15) is 0 Å². The predicted octanol–water partition coefficient (Wildman–Crippen LogP) is 5.94. The monoisotopic (exact) mass is 746 g/mol. The molecule has 3 heterocycles. The van der Waals surface area contributed by atoms with Crippen molar-refractivity contribution in [3.8, 4) is 11.1 Å². The van der Waals surface area contributed by atoms with Crippen molar-refractivity contribution >= 4 is 23.5 Å². The SMILES string of the molecule is CC1C(CN2CCC3(CC2)C(=O)NCN3c2ccccc2)OC(c2ccc(-c3cccc(CNC(=O)CCCC(=O)O)c3)cc2)OC1c1ccc(CO)cc1. The van der Waals surface area contributed by atoms with Gasteiger partial charge >= 0.3 is 5.97 Å². The van der Waals surface area contributed by atoms with Gasteiger partial charge in [-0.1, -0.05) is 91.9 Å². The molecule has 3 aliphatic heterocycles. The largest absolute Gasteiger partial charge is 0.481 e. The molecule has 0 radical (unpaired) electrons. The number of carbonyl (C=O) groups excluding carboxylic acids is 2. The van der Waals surface area contributed by atoms with Gasteiger partial charge in [-0.25, -0.2) is 0 Å². The van der Waals surface area contributed by atoms with Crippen LogP contribution in [-0.2, 0) is 37.0 Å². The smallest absolute Gasteiger partial charge is 0.303 e. The molecule has 4 aromatic carbocycles. The van der Waals surface area contributed by atoms with Crippen LogP contribution in [0.1, 0.15) is 73.7 Å². The predicted molar refractivity (Wildman–Crippen MR) is 209 cm³/mol. The number of aliphatic hydroxyl groups excluding tert-OH is 1. The molecule has 288 valence electrons. The highest BCUT2D eigenvalue weighted by Crippen LogP contribution is 2.43. The lowest BCUT2D eigenvalue weighted by Crippen LogP contribution is -2.57. The number of likely N-dealkylation sites (tertiary alicyclic amines) is 1. The fourth-order valence-electron chi connectivity index (χ4n) is 8.10. The fraction of sp³-hybridized carbons (Fsp3) is 0.386. The lowest BCUT2D eigenvalue weighted by Gasteiger charge is -2.46. The van der Waals surface area contributed by atoms with Crippen LogP contribution >= 0.6 is 0 Å². The van der Waals surface area contributed by atoms with Gasteiger partial charge in [0.2, 0.25) is 11.8 Å². The molecule has 0 aliphatic carbocycles. The molecule has 0 aromatic heterocycles. The molecule has 4 unspecified atom stereocenters. The van der Waals surface area contributed by atoms with Crippen LogP contribution in [0.15, 0.2) is 103 Å². The van der Waals surface area contributed by atoms with Gasteiger partial charge in [-0.3, -0.25) is 14.4 Å². The highest BCUT2D eigenvalue weighted by Gasteiger charge is 2.51. The maximum atomic E-state index is 13.3. The number of nitrogens with one attached hydrogen (secondary N) is 2. The summed E-state index contributed by atoms with van der Waals surface area (Å²) in [5, 5.41) is 24.5.